The number of methoxy groups -OCH3 is 1. The van der Waals surface area contributed by atoms with Crippen LogP contribution in [0.4, 0.5) is 0 Å². The topological polar surface area (TPSA) is 107 Å². The molecule has 0 radical (unpaired) electrons. The largest absolute Gasteiger partial charge is 0.461 e. The average Bonchev–Trinajstić information content (AvgIpc) is 2.82. The van der Waals surface area contributed by atoms with Crippen molar-refractivity contribution < 1.29 is 28.6 Å². The van der Waals surface area contributed by atoms with E-state index in [0.29, 0.717) is 24.4 Å². The summed E-state index contributed by atoms with van der Waals surface area (Å²) in [5, 5.41) is 2.59. The third kappa shape index (κ3) is 4.82. The number of hydrogen-bond acceptors (Lipinski definition) is 6. The predicted molar refractivity (Wildman–Crippen MR) is 86.0 cm³/mol. The zero-order valence-corrected chi connectivity index (χ0v) is 14.6. The molecule has 1 aromatic rings. The van der Waals surface area contributed by atoms with Crippen LogP contribution in [0, 0.1) is 13.8 Å². The number of carbonyl (C=O) groups excluding carboxylic acids is 3. The van der Waals surface area contributed by atoms with Crippen molar-refractivity contribution in [2.75, 3.05) is 26.9 Å². The lowest BCUT2D eigenvalue weighted by atomic mass is 10.1. The number of hydrogen-bond donors (Lipinski definition) is 2. The molecule has 1 atom stereocenters. The van der Waals surface area contributed by atoms with Crippen molar-refractivity contribution in [2.24, 2.45) is 0 Å². The second-order valence-corrected chi connectivity index (χ2v) is 5.18. The molecular formula is C16H24N2O6. The molecule has 0 bridgehead atoms. The van der Waals surface area contributed by atoms with Crippen LogP contribution in [-0.2, 0) is 19.0 Å². The summed E-state index contributed by atoms with van der Waals surface area (Å²) in [6.45, 7) is 7.36. The van der Waals surface area contributed by atoms with E-state index in [-0.39, 0.29) is 17.9 Å². The Balaban J connectivity index is 2.81. The summed E-state index contributed by atoms with van der Waals surface area (Å²) in [5.74, 6) is -1.63. The quantitative estimate of drug-likeness (QED) is 0.542. The Morgan fingerprint density at radius 3 is 2.46 bits per heavy atom. The first kappa shape index (κ1) is 19.7. The summed E-state index contributed by atoms with van der Waals surface area (Å²) in [7, 11) is 1.52. The molecule has 24 heavy (non-hydrogen) atoms. The summed E-state index contributed by atoms with van der Waals surface area (Å²) in [5.41, 5.74) is 1.35. The van der Waals surface area contributed by atoms with Crippen LogP contribution < -0.4 is 5.32 Å². The van der Waals surface area contributed by atoms with Crippen molar-refractivity contribution >= 4 is 17.8 Å². The number of nitrogens with one attached hydrogen (secondary N) is 2. The molecule has 8 nitrogen and oxygen atoms in total. The molecular weight excluding hydrogens is 316 g/mol. The third-order valence-electron chi connectivity index (χ3n) is 3.38. The highest BCUT2D eigenvalue weighted by atomic mass is 16.5. The molecule has 0 aromatic carbocycles. The highest BCUT2D eigenvalue weighted by Gasteiger charge is 2.26. The summed E-state index contributed by atoms with van der Waals surface area (Å²) in [6.07, 6.45) is -0.964. The Kier molecular flexibility index (Phi) is 7.44. The monoisotopic (exact) mass is 340 g/mol. The van der Waals surface area contributed by atoms with E-state index >= 15 is 0 Å². The fourth-order valence-corrected chi connectivity index (χ4v) is 2.16. The van der Waals surface area contributed by atoms with Crippen molar-refractivity contribution in [1.82, 2.24) is 10.3 Å². The molecule has 0 saturated carbocycles. The normalized spacial score (nSPS) is 11.7. The number of rotatable bonds is 8. The molecule has 0 aliphatic carbocycles. The zero-order valence-electron chi connectivity index (χ0n) is 14.6. The molecule has 1 aromatic heterocycles. The first-order valence-electron chi connectivity index (χ1n) is 7.67. The van der Waals surface area contributed by atoms with Crippen LogP contribution in [-0.4, -0.2) is 55.8 Å². The highest BCUT2D eigenvalue weighted by molar-refractivity contribution is 5.99. The molecule has 1 heterocycles. The van der Waals surface area contributed by atoms with E-state index in [1.54, 1.807) is 20.8 Å². The number of amides is 1. The lowest BCUT2D eigenvalue weighted by Gasteiger charge is -2.13. The summed E-state index contributed by atoms with van der Waals surface area (Å²) in [4.78, 5) is 38.8. The van der Waals surface area contributed by atoms with Gasteiger partial charge in [-0.1, -0.05) is 0 Å². The van der Waals surface area contributed by atoms with Gasteiger partial charge < -0.3 is 24.5 Å². The Hall–Kier alpha value is -2.35. The van der Waals surface area contributed by atoms with E-state index in [1.807, 2.05) is 0 Å². The van der Waals surface area contributed by atoms with E-state index in [2.05, 4.69) is 10.3 Å². The zero-order chi connectivity index (χ0) is 18.3. The van der Waals surface area contributed by atoms with Crippen molar-refractivity contribution in [3.63, 3.8) is 0 Å². The number of aromatic amines is 1. The van der Waals surface area contributed by atoms with Gasteiger partial charge >= 0.3 is 11.9 Å². The van der Waals surface area contributed by atoms with Gasteiger partial charge in [-0.25, -0.2) is 9.59 Å². The second-order valence-electron chi connectivity index (χ2n) is 5.18. The van der Waals surface area contributed by atoms with Gasteiger partial charge in [-0.3, -0.25) is 4.79 Å². The molecule has 134 valence electrons. The van der Waals surface area contributed by atoms with Gasteiger partial charge in [0.25, 0.3) is 5.91 Å². The number of ether oxygens (including phenoxy) is 3. The van der Waals surface area contributed by atoms with Crippen LogP contribution in [0.1, 0.15) is 46.0 Å². The maximum atomic E-state index is 12.3. The SMILES string of the molecule is CCOC(=O)c1[nH]c(C)c(C(=O)O[C@@H](C)C(=O)NCCOC)c1C. The first-order valence-corrected chi connectivity index (χ1v) is 7.67. The van der Waals surface area contributed by atoms with Crippen molar-refractivity contribution in [1.29, 1.82) is 0 Å². The molecule has 0 aliphatic heterocycles. The Morgan fingerprint density at radius 2 is 1.88 bits per heavy atom. The average molecular weight is 340 g/mol. The molecule has 8 heteroatoms. The van der Waals surface area contributed by atoms with E-state index in [1.165, 1.54) is 14.0 Å². The number of esters is 2. The van der Waals surface area contributed by atoms with Gasteiger partial charge in [0.1, 0.15) is 5.69 Å². The minimum Gasteiger partial charge on any atom is -0.461 e. The van der Waals surface area contributed by atoms with Crippen LogP contribution in [0.25, 0.3) is 0 Å². The van der Waals surface area contributed by atoms with Crippen LogP contribution in [0.15, 0.2) is 0 Å². The number of aryl methyl sites for hydroxylation is 1. The van der Waals surface area contributed by atoms with Gasteiger partial charge in [-0.15, -0.1) is 0 Å². The standard InChI is InChI=1S/C16H24N2O6/c1-6-23-16(21)13-9(2)12(10(3)18-13)15(20)24-11(4)14(19)17-7-8-22-5/h11,18H,6-8H2,1-5H3,(H,17,19)/t11-/m0/s1. The minimum atomic E-state index is -0.964. The van der Waals surface area contributed by atoms with Crippen molar-refractivity contribution in [3.8, 4) is 0 Å². The summed E-state index contributed by atoms with van der Waals surface area (Å²) in [6, 6.07) is 0. The van der Waals surface area contributed by atoms with Gasteiger partial charge in [0.05, 0.1) is 18.8 Å². The minimum absolute atomic E-state index is 0.207. The van der Waals surface area contributed by atoms with E-state index in [4.69, 9.17) is 14.2 Å². The van der Waals surface area contributed by atoms with E-state index < -0.39 is 23.9 Å². The van der Waals surface area contributed by atoms with Crippen LogP contribution in [0.5, 0.6) is 0 Å². The molecule has 0 unspecified atom stereocenters. The van der Waals surface area contributed by atoms with Crippen molar-refractivity contribution in [2.45, 2.75) is 33.8 Å². The van der Waals surface area contributed by atoms with Crippen LogP contribution >= 0.6 is 0 Å². The van der Waals surface area contributed by atoms with Crippen LogP contribution in [0.3, 0.4) is 0 Å². The summed E-state index contributed by atoms with van der Waals surface area (Å²) >= 11 is 0. The smallest absolute Gasteiger partial charge is 0.355 e. The predicted octanol–water partition coefficient (Wildman–Crippen LogP) is 1.12. The molecule has 1 amide bonds. The molecule has 0 saturated heterocycles. The second kappa shape index (κ2) is 9.07. The molecule has 1 rings (SSSR count). The summed E-state index contributed by atoms with van der Waals surface area (Å²) < 4.78 is 14.9. The Labute approximate surface area is 140 Å². The fraction of sp³-hybridized carbons (Fsp3) is 0.562. The van der Waals surface area contributed by atoms with Gasteiger partial charge in [0.2, 0.25) is 0 Å². The first-order chi connectivity index (χ1) is 11.3. The van der Waals surface area contributed by atoms with Gasteiger partial charge in [0, 0.05) is 19.3 Å². The molecule has 0 fully saturated rings. The number of aromatic nitrogens is 1. The molecule has 2 N–H and O–H groups in total. The highest BCUT2D eigenvalue weighted by Crippen LogP contribution is 2.20. The lowest BCUT2D eigenvalue weighted by Crippen LogP contribution is -2.37. The third-order valence-corrected chi connectivity index (χ3v) is 3.38. The fourth-order valence-electron chi connectivity index (χ4n) is 2.16. The van der Waals surface area contributed by atoms with Gasteiger partial charge in [-0.2, -0.15) is 0 Å². The van der Waals surface area contributed by atoms with Gasteiger partial charge in [-0.05, 0) is 33.3 Å². The van der Waals surface area contributed by atoms with Crippen LogP contribution in [0.2, 0.25) is 0 Å². The maximum Gasteiger partial charge on any atom is 0.355 e. The lowest BCUT2D eigenvalue weighted by molar-refractivity contribution is -0.129. The number of H-pyrrole nitrogens is 1. The van der Waals surface area contributed by atoms with Gasteiger partial charge in [0.15, 0.2) is 6.10 Å². The Morgan fingerprint density at radius 1 is 1.21 bits per heavy atom. The molecule has 0 spiro atoms. The number of carbonyl (C=O) groups is 3. The van der Waals surface area contributed by atoms with E-state index in [0.717, 1.165) is 0 Å². The molecule has 0 aliphatic rings. The van der Waals surface area contributed by atoms with E-state index in [9.17, 15) is 14.4 Å². The van der Waals surface area contributed by atoms with Crippen molar-refractivity contribution in [3.05, 3.63) is 22.5 Å². The Bertz CT molecular complexity index is 608. The maximum absolute atomic E-state index is 12.3.